The molecule has 0 amide bonds. The fraction of sp³-hybridized carbons (Fsp3) is 0.323. The Morgan fingerprint density at radius 2 is 1.44 bits per heavy atom. The molecule has 5 rings (SSSR count). The number of benzene rings is 3. The Balaban J connectivity index is 0.00000180. The van der Waals surface area contributed by atoms with E-state index in [1.165, 1.54) is 33.4 Å². The maximum atomic E-state index is 6.50. The van der Waals surface area contributed by atoms with Gasteiger partial charge in [0.15, 0.2) is 0 Å². The molecule has 0 saturated heterocycles. The van der Waals surface area contributed by atoms with Gasteiger partial charge in [-0.05, 0) is 0 Å². The summed E-state index contributed by atoms with van der Waals surface area (Å²) < 4.78 is 8.76. The molecule has 0 spiro atoms. The summed E-state index contributed by atoms with van der Waals surface area (Å²) in [4.78, 5) is 0. The molecular weight excluding hydrogens is 579 g/mol. The average molecular weight is 614 g/mol. The van der Waals surface area contributed by atoms with Crippen LogP contribution in [-0.4, -0.2) is 17.6 Å². The first kappa shape index (κ1) is 29.5. The van der Waals surface area contributed by atoms with Crippen molar-refractivity contribution in [2.75, 3.05) is 0 Å². The van der Waals surface area contributed by atoms with Crippen LogP contribution in [0, 0.1) is 0 Å². The van der Waals surface area contributed by atoms with Crippen LogP contribution >= 0.6 is 0 Å². The van der Waals surface area contributed by atoms with Gasteiger partial charge in [-0.3, -0.25) is 0 Å². The van der Waals surface area contributed by atoms with E-state index in [2.05, 4.69) is 113 Å². The van der Waals surface area contributed by atoms with Crippen LogP contribution in [0.25, 0.3) is 17.2 Å². The Morgan fingerprint density at radius 1 is 0.833 bits per heavy atom. The Morgan fingerprint density at radius 3 is 2.14 bits per heavy atom. The van der Waals surface area contributed by atoms with E-state index in [9.17, 15) is 0 Å². The maximum absolute atomic E-state index is 6.50. The fourth-order valence-corrected chi connectivity index (χ4v) is 10.7. The van der Waals surface area contributed by atoms with E-state index < -0.39 is 31.1 Å². The van der Waals surface area contributed by atoms with Crippen LogP contribution in [0.15, 0.2) is 72.3 Å². The Labute approximate surface area is 241 Å². The molecule has 0 aromatic heterocycles. The summed E-state index contributed by atoms with van der Waals surface area (Å²) >= 11 is -0.739. The molecule has 3 atom stereocenters. The summed E-state index contributed by atoms with van der Waals surface area (Å²) in [5.41, 5.74) is 12.0. The molecule has 0 heterocycles. The van der Waals surface area contributed by atoms with Gasteiger partial charge in [0.1, 0.15) is 0 Å². The zero-order valence-electron chi connectivity index (χ0n) is 22.0. The van der Waals surface area contributed by atoms with Crippen molar-refractivity contribution in [1.29, 1.82) is 0 Å². The van der Waals surface area contributed by atoms with Gasteiger partial charge in [0, 0.05) is 0 Å². The number of hydrogen-bond acceptors (Lipinski definition) is 1. The van der Waals surface area contributed by atoms with Crippen LogP contribution in [0.2, 0.25) is 19.6 Å². The van der Waals surface area contributed by atoms with Crippen molar-refractivity contribution >= 4 is 17.6 Å². The molecule has 36 heavy (non-hydrogen) atoms. The van der Waals surface area contributed by atoms with E-state index in [1.807, 2.05) is 0 Å². The van der Waals surface area contributed by atoms with Gasteiger partial charge < -0.3 is 24.8 Å². The largest absolute Gasteiger partial charge is 1.00 e. The predicted molar refractivity (Wildman–Crippen MR) is 145 cm³/mol. The molecule has 5 heteroatoms. The second-order valence-electron chi connectivity index (χ2n) is 11.0. The first-order valence-electron chi connectivity index (χ1n) is 12.5. The fourth-order valence-electron chi connectivity index (χ4n) is 5.89. The average Bonchev–Trinajstić information content (AvgIpc) is 3.28. The molecule has 2 aliphatic carbocycles. The van der Waals surface area contributed by atoms with Crippen molar-refractivity contribution in [3.8, 4) is 11.1 Å². The van der Waals surface area contributed by atoms with E-state index in [-0.39, 0.29) is 30.9 Å². The minimum absolute atomic E-state index is 0. The van der Waals surface area contributed by atoms with E-state index in [0.29, 0.717) is 9.54 Å². The molecule has 187 valence electrons. The first-order valence-corrected chi connectivity index (χ1v) is 18.5. The molecule has 0 N–H and O–H groups in total. The van der Waals surface area contributed by atoms with Crippen molar-refractivity contribution < 1.29 is 52.0 Å². The Kier molecular flexibility index (Phi) is 9.62. The zero-order chi connectivity index (χ0) is 24.0. The van der Waals surface area contributed by atoms with Crippen molar-refractivity contribution in [3.05, 3.63) is 100 Å². The summed E-state index contributed by atoms with van der Waals surface area (Å²) in [7, 11) is -1.59. The van der Waals surface area contributed by atoms with Crippen molar-refractivity contribution in [3.63, 3.8) is 0 Å². The van der Waals surface area contributed by atoms with Crippen LogP contribution in [0.5, 0.6) is 0 Å². The summed E-state index contributed by atoms with van der Waals surface area (Å²) in [6.07, 6.45) is 3.68. The second kappa shape index (κ2) is 11.7. The third-order valence-corrected chi connectivity index (χ3v) is 11.5. The summed E-state index contributed by atoms with van der Waals surface area (Å²) in [6.45, 7) is 13.8. The molecule has 3 aromatic carbocycles. The number of halogens is 2. The van der Waals surface area contributed by atoms with Crippen molar-refractivity contribution in [2.24, 2.45) is 0 Å². The second-order valence-corrected chi connectivity index (χ2v) is 20.0. The maximum Gasteiger partial charge on any atom is -1.00 e. The number of hydrogen-bond donors (Lipinski definition) is 0. The van der Waals surface area contributed by atoms with Crippen LogP contribution in [0.4, 0.5) is 0 Å². The van der Waals surface area contributed by atoms with Gasteiger partial charge in [0.25, 0.3) is 0 Å². The van der Waals surface area contributed by atoms with E-state index in [1.54, 1.807) is 14.3 Å². The standard InChI is InChI=1S/C28H29OSi.C3H6.2ClH.Zr/c1-19(29-30(2,3)4)16-22-17-20-10-6-8-13-24(20)28(22)26-15-9-14-25-23-12-7-5-11-21(23)18-27(25)26;1-3-2;;;/h5-15,17-19,28H,16H2,1-4H3;1-2H3;2*1H;/q;;;;+2/p-2. The minimum atomic E-state index is -1.59. The summed E-state index contributed by atoms with van der Waals surface area (Å²) in [5, 5.41) is 0. The van der Waals surface area contributed by atoms with Gasteiger partial charge in [0.05, 0.1) is 0 Å². The van der Waals surface area contributed by atoms with E-state index >= 15 is 0 Å². The quantitative estimate of drug-likeness (QED) is 0.388. The number of rotatable bonds is 6. The molecule has 3 unspecified atom stereocenters. The predicted octanol–water partition coefficient (Wildman–Crippen LogP) is 2.22. The molecule has 0 radical (unpaired) electrons. The van der Waals surface area contributed by atoms with E-state index in [0.717, 1.165) is 6.42 Å². The monoisotopic (exact) mass is 611 g/mol. The summed E-state index contributed by atoms with van der Waals surface area (Å²) in [6, 6.07) is 25.3. The van der Waals surface area contributed by atoms with Crippen LogP contribution in [0.3, 0.4) is 0 Å². The zero-order valence-corrected chi connectivity index (χ0v) is 27.0. The van der Waals surface area contributed by atoms with Gasteiger partial charge >= 0.3 is 219 Å². The summed E-state index contributed by atoms with van der Waals surface area (Å²) in [5.74, 6) is 0.326. The van der Waals surface area contributed by atoms with Gasteiger partial charge in [-0.2, -0.15) is 0 Å². The topological polar surface area (TPSA) is 9.23 Å². The molecule has 0 saturated carbocycles. The van der Waals surface area contributed by atoms with Crippen LogP contribution in [-0.2, 0) is 27.2 Å². The van der Waals surface area contributed by atoms with Gasteiger partial charge in [-0.15, -0.1) is 0 Å². The van der Waals surface area contributed by atoms with Crippen molar-refractivity contribution in [2.45, 2.75) is 62.5 Å². The third kappa shape index (κ3) is 5.82. The molecule has 2 aliphatic rings. The molecule has 0 bridgehead atoms. The van der Waals surface area contributed by atoms with E-state index in [4.69, 9.17) is 4.43 Å². The minimum Gasteiger partial charge on any atom is -1.00 e. The van der Waals surface area contributed by atoms with Crippen LogP contribution in [0.1, 0.15) is 64.6 Å². The molecule has 1 nitrogen and oxygen atoms in total. The normalized spacial score (nSPS) is 18.0. The van der Waals surface area contributed by atoms with Gasteiger partial charge in [-0.25, -0.2) is 0 Å². The Bertz CT molecular complexity index is 1300. The van der Waals surface area contributed by atoms with Gasteiger partial charge in [0.2, 0.25) is 0 Å². The Hall–Kier alpha value is -1.09. The molecule has 0 aliphatic heterocycles. The SMILES string of the molecule is C[C](C)=[Zr+2][CH]1c2ccccc2-c2cccc(C3C(CC(C)O[Si](C)(C)C)=Cc4ccccc43)c21.[Cl-].[Cl-]. The molecule has 3 aromatic rings. The smallest absolute Gasteiger partial charge is 1.00 e. The third-order valence-electron chi connectivity index (χ3n) is 6.83. The molecular formula is C31H35Cl2OSiZr. The van der Waals surface area contributed by atoms with Crippen LogP contribution < -0.4 is 24.8 Å². The first-order chi connectivity index (χ1) is 16.2. The molecule has 0 fully saturated rings. The van der Waals surface area contributed by atoms with Gasteiger partial charge in [-0.1, -0.05) is 0 Å². The van der Waals surface area contributed by atoms with Crippen molar-refractivity contribution in [1.82, 2.24) is 0 Å². The number of fused-ring (bicyclic) bond motifs is 4.